The molecule has 0 atom stereocenters. The van der Waals surface area contributed by atoms with Gasteiger partial charge in [-0.1, -0.05) is 18.2 Å². The lowest BCUT2D eigenvalue weighted by Gasteiger charge is -2.15. The van der Waals surface area contributed by atoms with Crippen LogP contribution in [0, 0.1) is 6.92 Å². The lowest BCUT2D eigenvalue weighted by Crippen LogP contribution is -2.20. The lowest BCUT2D eigenvalue weighted by molar-refractivity contribution is -0.137. The number of aryl methyl sites for hydroxylation is 1. The van der Waals surface area contributed by atoms with E-state index in [-0.39, 0.29) is 17.1 Å². The van der Waals surface area contributed by atoms with Gasteiger partial charge in [0.25, 0.3) is 11.8 Å². The van der Waals surface area contributed by atoms with Crippen LogP contribution in [0.25, 0.3) is 0 Å². The van der Waals surface area contributed by atoms with Gasteiger partial charge in [-0.05, 0) is 36.8 Å². The maximum atomic E-state index is 13.0. The van der Waals surface area contributed by atoms with Gasteiger partial charge < -0.3 is 16.0 Å². The molecule has 3 N–H and O–H groups in total. The monoisotopic (exact) mass is 429 g/mol. The fraction of sp³-hybridized carbons (Fsp3) is 0.143. The maximum Gasteiger partial charge on any atom is 0.416 e. The zero-order valence-electron chi connectivity index (χ0n) is 16.5. The Hall–Kier alpha value is -3.95. The molecule has 10 heteroatoms. The van der Waals surface area contributed by atoms with E-state index in [0.29, 0.717) is 11.8 Å². The Morgan fingerprint density at radius 2 is 1.71 bits per heavy atom. The molecule has 0 bridgehead atoms. The molecule has 0 radical (unpaired) electrons. The Labute approximate surface area is 175 Å². The van der Waals surface area contributed by atoms with Gasteiger partial charge in [0.15, 0.2) is 5.82 Å². The summed E-state index contributed by atoms with van der Waals surface area (Å²) in [5.41, 5.74) is 0.441. The van der Waals surface area contributed by atoms with Crippen LogP contribution < -0.4 is 16.0 Å². The van der Waals surface area contributed by atoms with E-state index < -0.39 is 29.2 Å². The van der Waals surface area contributed by atoms with E-state index in [4.69, 9.17) is 0 Å². The van der Waals surface area contributed by atoms with Gasteiger partial charge in [-0.25, -0.2) is 4.98 Å². The molecular formula is C21H18F3N5O2. The molecule has 0 aliphatic heterocycles. The molecule has 1 aromatic carbocycles. The van der Waals surface area contributed by atoms with Crippen molar-refractivity contribution in [2.75, 3.05) is 17.7 Å². The minimum Gasteiger partial charge on any atom is -0.355 e. The first-order chi connectivity index (χ1) is 14.7. The second-order valence-electron chi connectivity index (χ2n) is 6.52. The topological polar surface area (TPSA) is 96.0 Å². The number of benzene rings is 1. The summed E-state index contributed by atoms with van der Waals surface area (Å²) in [5.74, 6) is -1.11. The van der Waals surface area contributed by atoms with Gasteiger partial charge in [-0.2, -0.15) is 13.2 Å². The first-order valence-corrected chi connectivity index (χ1v) is 9.08. The number of alkyl halides is 3. The number of rotatable bonds is 5. The van der Waals surface area contributed by atoms with Gasteiger partial charge in [0.05, 0.1) is 16.8 Å². The Kier molecular flexibility index (Phi) is 6.19. The fourth-order valence-electron chi connectivity index (χ4n) is 2.69. The van der Waals surface area contributed by atoms with Crippen molar-refractivity contribution in [3.8, 4) is 0 Å². The molecule has 0 saturated heterocycles. The highest BCUT2D eigenvalue weighted by atomic mass is 19.4. The molecule has 2 amide bonds. The molecule has 0 spiro atoms. The normalized spacial score (nSPS) is 11.0. The molecular weight excluding hydrogens is 411 g/mol. The third-order valence-electron chi connectivity index (χ3n) is 4.34. The van der Waals surface area contributed by atoms with Crippen molar-refractivity contribution in [1.29, 1.82) is 0 Å². The minimum absolute atomic E-state index is 0.105. The van der Waals surface area contributed by atoms with E-state index in [1.54, 1.807) is 12.1 Å². The highest BCUT2D eigenvalue weighted by molar-refractivity contribution is 6.05. The van der Waals surface area contributed by atoms with Crippen LogP contribution in [0.15, 0.2) is 54.9 Å². The molecule has 2 heterocycles. The van der Waals surface area contributed by atoms with Crippen LogP contribution in [0.5, 0.6) is 0 Å². The molecule has 0 aliphatic carbocycles. The molecule has 7 nitrogen and oxygen atoms in total. The Morgan fingerprint density at radius 1 is 0.968 bits per heavy atom. The summed E-state index contributed by atoms with van der Waals surface area (Å²) in [6, 6.07) is 10.1. The Morgan fingerprint density at radius 3 is 2.39 bits per heavy atom. The third-order valence-corrected chi connectivity index (χ3v) is 4.34. The van der Waals surface area contributed by atoms with E-state index in [1.807, 2.05) is 19.1 Å². The number of amides is 2. The third kappa shape index (κ3) is 5.16. The number of halogens is 3. The van der Waals surface area contributed by atoms with Crippen molar-refractivity contribution < 1.29 is 22.8 Å². The predicted octanol–water partition coefficient (Wildman–Crippen LogP) is 4.16. The summed E-state index contributed by atoms with van der Waals surface area (Å²) in [6.07, 6.45) is -2.39. The average Bonchev–Trinajstić information content (AvgIpc) is 2.75. The van der Waals surface area contributed by atoms with Crippen LogP contribution in [0.1, 0.15) is 32.0 Å². The van der Waals surface area contributed by atoms with Crippen LogP contribution in [-0.2, 0) is 6.18 Å². The zero-order valence-corrected chi connectivity index (χ0v) is 16.5. The number of hydrogen-bond donors (Lipinski definition) is 3. The second kappa shape index (κ2) is 8.82. The van der Waals surface area contributed by atoms with E-state index in [9.17, 15) is 22.8 Å². The summed E-state index contributed by atoms with van der Waals surface area (Å²) in [7, 11) is 1.44. The van der Waals surface area contributed by atoms with Gasteiger partial charge in [0.1, 0.15) is 5.69 Å². The van der Waals surface area contributed by atoms with Crippen molar-refractivity contribution >= 4 is 29.0 Å². The maximum absolute atomic E-state index is 13.0. The van der Waals surface area contributed by atoms with Gasteiger partial charge >= 0.3 is 6.18 Å². The average molecular weight is 429 g/mol. The molecule has 160 valence electrons. The van der Waals surface area contributed by atoms with E-state index in [0.717, 1.165) is 17.8 Å². The zero-order chi connectivity index (χ0) is 22.6. The fourth-order valence-corrected chi connectivity index (χ4v) is 2.69. The van der Waals surface area contributed by atoms with Gasteiger partial charge in [-0.3, -0.25) is 14.6 Å². The number of nitrogens with zero attached hydrogens (tertiary/aromatic N) is 2. The van der Waals surface area contributed by atoms with Crippen molar-refractivity contribution in [3.63, 3.8) is 0 Å². The number of pyridine rings is 2. The van der Waals surface area contributed by atoms with Crippen LogP contribution in [0.3, 0.4) is 0 Å². The van der Waals surface area contributed by atoms with E-state index in [2.05, 4.69) is 25.9 Å². The van der Waals surface area contributed by atoms with Crippen LogP contribution in [0.4, 0.5) is 30.4 Å². The minimum atomic E-state index is -4.61. The summed E-state index contributed by atoms with van der Waals surface area (Å²) in [6.45, 7) is 1.87. The number of nitrogens with one attached hydrogen (secondary N) is 3. The van der Waals surface area contributed by atoms with Crippen LogP contribution in [0.2, 0.25) is 0 Å². The molecule has 0 fully saturated rings. The first-order valence-electron chi connectivity index (χ1n) is 9.08. The second-order valence-corrected chi connectivity index (χ2v) is 6.52. The number of hydrogen-bond acceptors (Lipinski definition) is 5. The summed E-state index contributed by atoms with van der Waals surface area (Å²) in [5, 5.41) is 8.00. The Balaban J connectivity index is 1.96. The number of carbonyl (C=O) groups excluding carboxylic acids is 2. The number of para-hydroxylation sites is 1. The van der Waals surface area contributed by atoms with Crippen molar-refractivity contribution in [2.45, 2.75) is 13.1 Å². The first kappa shape index (κ1) is 21.8. The number of aromatic nitrogens is 2. The highest BCUT2D eigenvalue weighted by Gasteiger charge is 2.31. The standard InChI is InChI=1S/C21H18F3N5O2/c1-12-5-3-4-6-15(12)28-18-16(9-13(11-27-18)19(30)25-2)29-20(31)17-10-14(7-8-26-17)21(22,23)24/h3-11H,1-2H3,(H,25,30)(H,27,28)(H,29,31). The van der Waals surface area contributed by atoms with E-state index in [1.165, 1.54) is 19.3 Å². The van der Waals surface area contributed by atoms with E-state index >= 15 is 0 Å². The number of carbonyl (C=O) groups is 2. The van der Waals surface area contributed by atoms with Crippen molar-refractivity contribution in [3.05, 3.63) is 77.2 Å². The summed E-state index contributed by atoms with van der Waals surface area (Å²) in [4.78, 5) is 32.5. The smallest absolute Gasteiger partial charge is 0.355 e. The largest absolute Gasteiger partial charge is 0.416 e. The SMILES string of the molecule is CNC(=O)c1cnc(Nc2ccccc2C)c(NC(=O)c2cc(C(F)(F)F)ccn2)c1. The number of anilines is 3. The molecule has 3 rings (SSSR count). The predicted molar refractivity (Wildman–Crippen MR) is 109 cm³/mol. The molecule has 31 heavy (non-hydrogen) atoms. The lowest BCUT2D eigenvalue weighted by atomic mass is 10.2. The molecule has 3 aromatic rings. The highest BCUT2D eigenvalue weighted by Crippen LogP contribution is 2.30. The summed E-state index contributed by atoms with van der Waals surface area (Å²) >= 11 is 0. The molecule has 0 aliphatic rings. The van der Waals surface area contributed by atoms with Gasteiger partial charge in [-0.15, -0.1) is 0 Å². The van der Waals surface area contributed by atoms with Gasteiger partial charge in [0, 0.05) is 25.1 Å². The van der Waals surface area contributed by atoms with Crippen LogP contribution >= 0.6 is 0 Å². The molecule has 0 saturated carbocycles. The molecule has 2 aromatic heterocycles. The Bertz CT molecular complexity index is 1130. The van der Waals surface area contributed by atoms with Gasteiger partial charge in [0.2, 0.25) is 0 Å². The van der Waals surface area contributed by atoms with Crippen molar-refractivity contribution in [1.82, 2.24) is 15.3 Å². The summed E-state index contributed by atoms with van der Waals surface area (Å²) < 4.78 is 38.9. The van der Waals surface area contributed by atoms with Crippen LogP contribution in [-0.4, -0.2) is 28.8 Å². The quantitative estimate of drug-likeness (QED) is 0.566. The van der Waals surface area contributed by atoms with Crippen molar-refractivity contribution in [2.24, 2.45) is 0 Å². The molecule has 0 unspecified atom stereocenters.